The minimum absolute atomic E-state index is 0.0622. The molecule has 0 aliphatic carbocycles. The molecule has 0 atom stereocenters. The Morgan fingerprint density at radius 1 is 1.19 bits per heavy atom. The fourth-order valence-electron chi connectivity index (χ4n) is 1.01. The molecule has 16 heavy (non-hydrogen) atoms. The Bertz CT molecular complexity index is 290. The van der Waals surface area contributed by atoms with E-state index >= 15 is 0 Å². The molecule has 0 rings (SSSR count). The Balaban J connectivity index is 3.34. The summed E-state index contributed by atoms with van der Waals surface area (Å²) in [7, 11) is -3.12. The average molecular weight is 251 g/mol. The Labute approximate surface area is 97.2 Å². The number of carbonyl (C=O) groups excluding carboxylic acids is 1. The van der Waals surface area contributed by atoms with E-state index < -0.39 is 10.0 Å². The van der Waals surface area contributed by atoms with Gasteiger partial charge < -0.3 is 10.6 Å². The van der Waals surface area contributed by atoms with Crippen molar-refractivity contribution in [3.05, 3.63) is 0 Å². The lowest BCUT2D eigenvalue weighted by Crippen LogP contribution is -2.35. The van der Waals surface area contributed by atoms with Crippen molar-refractivity contribution in [3.8, 4) is 0 Å². The number of carbonyl (C=O) groups is 1. The van der Waals surface area contributed by atoms with Gasteiger partial charge in [0.05, 0.1) is 12.8 Å². The molecule has 0 heterocycles. The lowest BCUT2D eigenvalue weighted by molar-refractivity contribution is -0.120. The van der Waals surface area contributed by atoms with Crippen LogP contribution in [-0.2, 0) is 14.8 Å². The monoisotopic (exact) mass is 251 g/mol. The largest absolute Gasteiger partial charge is 0.355 e. The van der Waals surface area contributed by atoms with Gasteiger partial charge in [-0.2, -0.15) is 0 Å². The third kappa shape index (κ3) is 11.4. The predicted molar refractivity (Wildman–Crippen MR) is 63.6 cm³/mol. The molecule has 0 radical (unpaired) electrons. The van der Waals surface area contributed by atoms with Crippen LogP contribution in [-0.4, -0.2) is 46.8 Å². The highest BCUT2D eigenvalue weighted by Gasteiger charge is 2.01. The minimum Gasteiger partial charge on any atom is -0.355 e. The van der Waals surface area contributed by atoms with Crippen molar-refractivity contribution in [2.24, 2.45) is 0 Å². The molecule has 6 nitrogen and oxygen atoms in total. The van der Waals surface area contributed by atoms with Crippen molar-refractivity contribution >= 4 is 15.9 Å². The summed E-state index contributed by atoms with van der Waals surface area (Å²) < 4.78 is 23.7. The Morgan fingerprint density at radius 2 is 1.88 bits per heavy atom. The second-order valence-electron chi connectivity index (χ2n) is 3.55. The maximum atomic E-state index is 11.2. The van der Waals surface area contributed by atoms with Gasteiger partial charge in [-0.3, -0.25) is 4.79 Å². The molecular weight excluding hydrogens is 230 g/mol. The number of amides is 1. The van der Waals surface area contributed by atoms with Crippen molar-refractivity contribution in [1.82, 2.24) is 15.4 Å². The first kappa shape index (κ1) is 15.3. The quantitative estimate of drug-likeness (QED) is 0.461. The molecule has 3 N–H and O–H groups in total. The molecule has 1 amide bonds. The van der Waals surface area contributed by atoms with E-state index in [9.17, 15) is 13.2 Å². The molecule has 0 aromatic heterocycles. The summed E-state index contributed by atoms with van der Waals surface area (Å²) >= 11 is 0. The highest BCUT2D eigenvalue weighted by Crippen LogP contribution is 1.78. The molecule has 96 valence electrons. The van der Waals surface area contributed by atoms with Crippen LogP contribution in [0.1, 0.15) is 19.8 Å². The zero-order valence-corrected chi connectivity index (χ0v) is 10.7. The maximum Gasteiger partial charge on any atom is 0.233 e. The van der Waals surface area contributed by atoms with Crippen molar-refractivity contribution < 1.29 is 13.2 Å². The van der Waals surface area contributed by atoms with Crippen molar-refractivity contribution in [2.45, 2.75) is 19.8 Å². The van der Waals surface area contributed by atoms with Crippen LogP contribution in [0.2, 0.25) is 0 Å². The molecule has 0 aliphatic rings. The lowest BCUT2D eigenvalue weighted by Gasteiger charge is -2.06. The summed E-state index contributed by atoms with van der Waals surface area (Å²) in [5.74, 6) is -0.0622. The molecule has 0 aliphatic heterocycles. The molecule has 0 saturated carbocycles. The van der Waals surface area contributed by atoms with Crippen molar-refractivity contribution in [2.75, 3.05) is 32.4 Å². The van der Waals surface area contributed by atoms with Crippen molar-refractivity contribution in [3.63, 3.8) is 0 Å². The van der Waals surface area contributed by atoms with Gasteiger partial charge in [-0.05, 0) is 19.4 Å². The van der Waals surface area contributed by atoms with Gasteiger partial charge in [-0.25, -0.2) is 13.1 Å². The van der Waals surface area contributed by atoms with Crippen LogP contribution in [0.3, 0.4) is 0 Å². The summed E-state index contributed by atoms with van der Waals surface area (Å²) in [6.07, 6.45) is 2.69. The van der Waals surface area contributed by atoms with Crippen LogP contribution in [0.25, 0.3) is 0 Å². The normalized spacial score (nSPS) is 11.4. The highest BCUT2D eigenvalue weighted by molar-refractivity contribution is 7.88. The van der Waals surface area contributed by atoms with E-state index in [1.165, 1.54) is 0 Å². The van der Waals surface area contributed by atoms with E-state index in [0.29, 0.717) is 26.1 Å². The molecular formula is C9H21N3O3S. The molecule has 7 heteroatoms. The Morgan fingerprint density at radius 3 is 2.44 bits per heavy atom. The summed E-state index contributed by atoms with van der Waals surface area (Å²) in [4.78, 5) is 11.2. The molecule has 0 fully saturated rings. The topological polar surface area (TPSA) is 87.3 Å². The lowest BCUT2D eigenvalue weighted by atomic mass is 10.4. The first-order valence-electron chi connectivity index (χ1n) is 5.37. The number of hydrogen-bond acceptors (Lipinski definition) is 4. The molecule has 0 spiro atoms. The van der Waals surface area contributed by atoms with Gasteiger partial charge in [0, 0.05) is 13.1 Å². The van der Waals surface area contributed by atoms with E-state index in [1.54, 1.807) is 0 Å². The molecule has 0 unspecified atom stereocenters. The van der Waals surface area contributed by atoms with Gasteiger partial charge in [-0.15, -0.1) is 0 Å². The fourth-order valence-corrected chi connectivity index (χ4v) is 1.53. The summed E-state index contributed by atoms with van der Waals surface area (Å²) in [5, 5.41) is 5.67. The SMILES string of the molecule is CCCNCC(=O)NCCCNS(C)(=O)=O. The van der Waals surface area contributed by atoms with E-state index in [4.69, 9.17) is 0 Å². The van der Waals surface area contributed by atoms with Crippen LogP contribution < -0.4 is 15.4 Å². The Hall–Kier alpha value is -0.660. The second-order valence-corrected chi connectivity index (χ2v) is 5.38. The number of nitrogens with one attached hydrogen (secondary N) is 3. The summed E-state index contributed by atoms with van der Waals surface area (Å²) in [6, 6.07) is 0. The van der Waals surface area contributed by atoms with E-state index in [-0.39, 0.29) is 5.91 Å². The molecule has 0 bridgehead atoms. The maximum absolute atomic E-state index is 11.2. The zero-order valence-electron chi connectivity index (χ0n) is 9.88. The van der Waals surface area contributed by atoms with Gasteiger partial charge in [0.25, 0.3) is 0 Å². The van der Waals surface area contributed by atoms with Gasteiger partial charge >= 0.3 is 0 Å². The van der Waals surface area contributed by atoms with Gasteiger partial charge in [0.1, 0.15) is 0 Å². The van der Waals surface area contributed by atoms with E-state index in [2.05, 4.69) is 15.4 Å². The molecule has 0 aromatic carbocycles. The highest BCUT2D eigenvalue weighted by atomic mass is 32.2. The van der Waals surface area contributed by atoms with Crippen LogP contribution in [0.15, 0.2) is 0 Å². The van der Waals surface area contributed by atoms with Gasteiger partial charge in [0.15, 0.2) is 0 Å². The van der Waals surface area contributed by atoms with Crippen LogP contribution in [0, 0.1) is 0 Å². The first-order valence-corrected chi connectivity index (χ1v) is 7.27. The van der Waals surface area contributed by atoms with Gasteiger partial charge in [0.2, 0.25) is 15.9 Å². The number of hydrogen-bond donors (Lipinski definition) is 3. The fraction of sp³-hybridized carbons (Fsp3) is 0.889. The van der Waals surface area contributed by atoms with Gasteiger partial charge in [-0.1, -0.05) is 6.92 Å². The second kappa shape index (κ2) is 8.49. The van der Waals surface area contributed by atoms with Crippen molar-refractivity contribution in [1.29, 1.82) is 0 Å². The summed E-state index contributed by atoms with van der Waals surface area (Å²) in [5.41, 5.74) is 0. The minimum atomic E-state index is -3.12. The van der Waals surface area contributed by atoms with Crippen LogP contribution in [0.4, 0.5) is 0 Å². The standard InChI is InChI=1S/C9H21N3O3S/c1-3-5-10-8-9(13)11-6-4-7-12-16(2,14)15/h10,12H,3-8H2,1-2H3,(H,11,13). The van der Waals surface area contributed by atoms with Crippen LogP contribution in [0.5, 0.6) is 0 Å². The van der Waals surface area contributed by atoms with Crippen LogP contribution >= 0.6 is 0 Å². The Kier molecular flexibility index (Phi) is 8.14. The van der Waals surface area contributed by atoms with E-state index in [0.717, 1.165) is 19.2 Å². The zero-order chi connectivity index (χ0) is 12.4. The van der Waals surface area contributed by atoms with E-state index in [1.807, 2.05) is 6.92 Å². The summed E-state index contributed by atoms with van der Waals surface area (Å²) in [6.45, 7) is 3.99. The first-order chi connectivity index (χ1) is 7.45. The molecule has 0 saturated heterocycles. The number of rotatable bonds is 9. The third-order valence-electron chi connectivity index (χ3n) is 1.75. The average Bonchev–Trinajstić information content (AvgIpc) is 2.16. The molecule has 0 aromatic rings. The predicted octanol–water partition coefficient (Wildman–Crippen LogP) is -0.958. The number of sulfonamides is 1. The smallest absolute Gasteiger partial charge is 0.233 e. The third-order valence-corrected chi connectivity index (χ3v) is 2.48.